The van der Waals surface area contributed by atoms with Crippen molar-refractivity contribution in [3.63, 3.8) is 0 Å². The third-order valence-electron chi connectivity index (χ3n) is 6.02. The third kappa shape index (κ3) is 3.41. The summed E-state index contributed by atoms with van der Waals surface area (Å²) in [5.41, 5.74) is 2.99. The number of hydrogen-bond acceptors (Lipinski definition) is 4. The first kappa shape index (κ1) is 19.2. The number of pyridine rings is 1. The van der Waals surface area contributed by atoms with Crippen LogP contribution < -0.4 is 0 Å². The summed E-state index contributed by atoms with van der Waals surface area (Å²) in [4.78, 5) is 36.2. The number of carbonyl (C=O) groups excluding carboxylic acids is 1. The first-order valence-electron chi connectivity index (χ1n) is 10.0. The van der Waals surface area contributed by atoms with E-state index in [-0.39, 0.29) is 30.4 Å². The van der Waals surface area contributed by atoms with Crippen molar-refractivity contribution >= 4 is 12.0 Å². The van der Waals surface area contributed by atoms with Gasteiger partial charge in [-0.2, -0.15) is 0 Å². The maximum Gasteiger partial charge on any atom is 0.407 e. The van der Waals surface area contributed by atoms with Crippen molar-refractivity contribution in [2.45, 2.75) is 25.0 Å². The van der Waals surface area contributed by atoms with Gasteiger partial charge in [0.15, 0.2) is 0 Å². The van der Waals surface area contributed by atoms with E-state index in [2.05, 4.69) is 9.97 Å². The summed E-state index contributed by atoms with van der Waals surface area (Å²) in [7, 11) is 0. The van der Waals surface area contributed by atoms with Crippen LogP contribution in [0.5, 0.6) is 0 Å². The van der Waals surface area contributed by atoms with Gasteiger partial charge in [-0.3, -0.25) is 9.78 Å². The molecule has 0 unspecified atom stereocenters. The Bertz CT molecular complexity index is 1130. The molecule has 0 saturated carbocycles. The molecule has 2 amide bonds. The standard InChI is InChI=1S/C22H20FN5O3/c23-16-3-1-14(2-4-16)20-21(15-5-7-24-8-6-15)26(13-25-20)12-19(29)27-10-18-9-17(27)11-28(18)22(30)31/h1-8,13,17-18H,9-12H2,(H,30,31)/t17-,18-/m0/s1. The van der Waals surface area contributed by atoms with E-state index in [0.717, 1.165) is 16.8 Å². The molecule has 8 nitrogen and oxygen atoms in total. The number of amides is 2. The lowest BCUT2D eigenvalue weighted by molar-refractivity contribution is -0.134. The molecule has 3 aromatic rings. The molecule has 5 rings (SSSR count). The zero-order chi connectivity index (χ0) is 21.5. The SMILES string of the molecule is O=C(O)N1C[C@@H]2C[C@H]1CN2C(=O)Cn1cnc(-c2ccc(F)cc2)c1-c1ccncc1. The molecule has 4 heterocycles. The van der Waals surface area contributed by atoms with Crippen molar-refractivity contribution in [3.05, 3.63) is 60.9 Å². The maximum atomic E-state index is 13.4. The molecule has 0 radical (unpaired) electrons. The van der Waals surface area contributed by atoms with E-state index in [4.69, 9.17) is 0 Å². The van der Waals surface area contributed by atoms with Gasteiger partial charge in [0.25, 0.3) is 0 Å². The number of carboxylic acid groups (broad SMARTS) is 1. The minimum Gasteiger partial charge on any atom is -0.465 e. The van der Waals surface area contributed by atoms with E-state index in [9.17, 15) is 19.1 Å². The third-order valence-corrected chi connectivity index (χ3v) is 6.02. The molecule has 2 atom stereocenters. The summed E-state index contributed by atoms with van der Waals surface area (Å²) in [5, 5.41) is 9.27. The minimum atomic E-state index is -0.932. The Morgan fingerprint density at radius 1 is 1.00 bits per heavy atom. The summed E-state index contributed by atoms with van der Waals surface area (Å²) >= 11 is 0. The highest BCUT2D eigenvalue weighted by molar-refractivity contribution is 5.82. The molecule has 0 spiro atoms. The highest BCUT2D eigenvalue weighted by Gasteiger charge is 2.47. The lowest BCUT2D eigenvalue weighted by Crippen LogP contribution is -2.51. The van der Waals surface area contributed by atoms with Crippen LogP contribution in [0, 0.1) is 5.82 Å². The highest BCUT2D eigenvalue weighted by atomic mass is 19.1. The summed E-state index contributed by atoms with van der Waals surface area (Å²) < 4.78 is 15.2. The Morgan fingerprint density at radius 3 is 2.32 bits per heavy atom. The van der Waals surface area contributed by atoms with Crippen LogP contribution in [0.15, 0.2) is 55.1 Å². The smallest absolute Gasteiger partial charge is 0.407 e. The molecule has 2 aliphatic heterocycles. The second kappa shape index (κ2) is 7.50. The quantitative estimate of drug-likeness (QED) is 0.699. The van der Waals surface area contributed by atoms with Gasteiger partial charge in [0, 0.05) is 36.6 Å². The van der Waals surface area contributed by atoms with E-state index in [1.807, 2.05) is 12.1 Å². The van der Waals surface area contributed by atoms with Gasteiger partial charge >= 0.3 is 6.09 Å². The van der Waals surface area contributed by atoms with Gasteiger partial charge in [0.2, 0.25) is 5.91 Å². The number of fused-ring (bicyclic) bond motifs is 2. The molecule has 1 aromatic carbocycles. The number of aromatic nitrogens is 3. The number of piperazine rings is 1. The van der Waals surface area contributed by atoms with Crippen molar-refractivity contribution in [2.24, 2.45) is 0 Å². The molecule has 2 fully saturated rings. The molecular weight excluding hydrogens is 401 g/mol. The topological polar surface area (TPSA) is 91.6 Å². The predicted octanol–water partition coefficient (Wildman–Crippen LogP) is 2.71. The number of imidazole rings is 1. The zero-order valence-electron chi connectivity index (χ0n) is 16.6. The van der Waals surface area contributed by atoms with Crippen molar-refractivity contribution in [1.29, 1.82) is 0 Å². The lowest BCUT2D eigenvalue weighted by Gasteiger charge is -2.32. The van der Waals surface area contributed by atoms with E-state index < -0.39 is 6.09 Å². The number of carbonyl (C=O) groups is 2. The van der Waals surface area contributed by atoms with Gasteiger partial charge in [-0.25, -0.2) is 14.2 Å². The molecule has 1 N–H and O–H groups in total. The Hall–Kier alpha value is -3.75. The molecule has 9 heteroatoms. The number of likely N-dealkylation sites (tertiary alicyclic amines) is 2. The van der Waals surface area contributed by atoms with Crippen LogP contribution in [0.4, 0.5) is 9.18 Å². The molecule has 158 valence electrons. The maximum absolute atomic E-state index is 13.4. The molecular formula is C22H20FN5O3. The molecule has 0 aliphatic carbocycles. The van der Waals surface area contributed by atoms with E-state index in [1.54, 1.807) is 40.3 Å². The van der Waals surface area contributed by atoms with E-state index in [1.165, 1.54) is 17.0 Å². The molecule has 2 bridgehead atoms. The second-order valence-corrected chi connectivity index (χ2v) is 7.84. The molecule has 31 heavy (non-hydrogen) atoms. The highest BCUT2D eigenvalue weighted by Crippen LogP contribution is 2.33. The number of rotatable bonds is 4. The number of hydrogen-bond donors (Lipinski definition) is 1. The Morgan fingerprint density at radius 2 is 1.68 bits per heavy atom. The van der Waals surface area contributed by atoms with Crippen molar-refractivity contribution in [2.75, 3.05) is 13.1 Å². The molecule has 2 saturated heterocycles. The lowest BCUT2D eigenvalue weighted by atomic mass is 10.1. The fourth-order valence-corrected chi connectivity index (χ4v) is 4.58. The number of nitrogens with zero attached hydrogens (tertiary/aromatic N) is 5. The minimum absolute atomic E-state index is 0.0732. The van der Waals surface area contributed by atoms with Crippen molar-refractivity contribution in [3.8, 4) is 22.5 Å². The predicted molar refractivity (Wildman–Crippen MR) is 109 cm³/mol. The summed E-state index contributed by atoms with van der Waals surface area (Å²) in [6.45, 7) is 0.857. The van der Waals surface area contributed by atoms with Crippen LogP contribution in [-0.2, 0) is 11.3 Å². The van der Waals surface area contributed by atoms with Gasteiger partial charge in [-0.05, 0) is 42.8 Å². The normalized spacial score (nSPS) is 19.8. The average molecular weight is 421 g/mol. The number of benzene rings is 1. The second-order valence-electron chi connectivity index (χ2n) is 7.84. The van der Waals surface area contributed by atoms with Gasteiger partial charge in [0.1, 0.15) is 12.4 Å². The number of halogens is 1. The van der Waals surface area contributed by atoms with Gasteiger partial charge in [0.05, 0.1) is 29.8 Å². The summed E-state index contributed by atoms with van der Waals surface area (Å²) in [5.74, 6) is -0.404. The summed E-state index contributed by atoms with van der Waals surface area (Å²) in [6, 6.07) is 9.54. The van der Waals surface area contributed by atoms with Gasteiger partial charge < -0.3 is 19.5 Å². The van der Waals surface area contributed by atoms with Crippen LogP contribution in [-0.4, -0.2) is 66.6 Å². The monoisotopic (exact) mass is 421 g/mol. The average Bonchev–Trinajstić information content (AvgIpc) is 3.49. The fourth-order valence-electron chi connectivity index (χ4n) is 4.58. The summed E-state index contributed by atoms with van der Waals surface area (Å²) in [6.07, 6.45) is 4.70. The Kier molecular flexibility index (Phi) is 4.65. The van der Waals surface area contributed by atoms with Crippen LogP contribution in [0.1, 0.15) is 6.42 Å². The first-order chi connectivity index (χ1) is 15.0. The van der Waals surface area contributed by atoms with Crippen molar-refractivity contribution < 1.29 is 19.1 Å². The largest absolute Gasteiger partial charge is 0.465 e. The Labute approximate surface area is 177 Å². The van der Waals surface area contributed by atoms with Crippen LogP contribution >= 0.6 is 0 Å². The van der Waals surface area contributed by atoms with Crippen LogP contribution in [0.3, 0.4) is 0 Å². The van der Waals surface area contributed by atoms with Gasteiger partial charge in [-0.1, -0.05) is 0 Å². The fraction of sp³-hybridized carbons (Fsp3) is 0.273. The van der Waals surface area contributed by atoms with E-state index in [0.29, 0.717) is 25.2 Å². The molecule has 2 aliphatic rings. The van der Waals surface area contributed by atoms with Crippen LogP contribution in [0.25, 0.3) is 22.5 Å². The zero-order valence-corrected chi connectivity index (χ0v) is 16.6. The molecule has 2 aromatic heterocycles. The Balaban J connectivity index is 1.44. The van der Waals surface area contributed by atoms with E-state index >= 15 is 0 Å². The van der Waals surface area contributed by atoms with Crippen molar-refractivity contribution in [1.82, 2.24) is 24.3 Å². The first-order valence-corrected chi connectivity index (χ1v) is 10.0. The van der Waals surface area contributed by atoms with Crippen LogP contribution in [0.2, 0.25) is 0 Å². The van der Waals surface area contributed by atoms with Gasteiger partial charge in [-0.15, -0.1) is 0 Å².